The van der Waals surface area contributed by atoms with Crippen LogP contribution >= 0.6 is 0 Å². The van der Waals surface area contributed by atoms with Gasteiger partial charge in [0.2, 0.25) is 0 Å². The summed E-state index contributed by atoms with van der Waals surface area (Å²) in [6.45, 7) is 4.49. The molecule has 2 atom stereocenters. The fourth-order valence-electron chi connectivity index (χ4n) is 4.61. The second kappa shape index (κ2) is 27.4. The second-order valence-electron chi connectivity index (χ2n) is 12.4. The molecule has 0 aliphatic rings. The van der Waals surface area contributed by atoms with E-state index in [4.69, 9.17) is 14.2 Å². The van der Waals surface area contributed by atoms with Gasteiger partial charge in [0.15, 0.2) is 6.10 Å². The number of likely N-dealkylation sites (N-methyl/N-ethyl adjacent to an activating group) is 1. The predicted octanol–water partition coefficient (Wildman–Crippen LogP) is 6.46. The maximum Gasteiger partial charge on any atom is 0.306 e. The molecular formula is C35H63NO7. The highest BCUT2D eigenvalue weighted by Crippen LogP contribution is 2.11. The molecule has 0 aromatic heterocycles. The molecule has 0 radical (unpaired) electrons. The Morgan fingerprint density at radius 3 is 1.77 bits per heavy atom. The molecule has 250 valence electrons. The van der Waals surface area contributed by atoms with Gasteiger partial charge in [-0.05, 0) is 51.4 Å². The Balaban J connectivity index is 4.52. The summed E-state index contributed by atoms with van der Waals surface area (Å²) < 4.78 is 16.9. The molecule has 2 unspecified atom stereocenters. The van der Waals surface area contributed by atoms with E-state index in [-0.39, 0.29) is 49.1 Å². The number of ether oxygens (including phenoxy) is 3. The summed E-state index contributed by atoms with van der Waals surface area (Å²) in [6.07, 6.45) is 25.2. The monoisotopic (exact) mass is 609 g/mol. The van der Waals surface area contributed by atoms with Gasteiger partial charge in [0.05, 0.1) is 40.3 Å². The fraction of sp³-hybridized carbons (Fsp3) is 0.800. The molecule has 0 fully saturated rings. The van der Waals surface area contributed by atoms with E-state index in [0.29, 0.717) is 12.8 Å². The van der Waals surface area contributed by atoms with E-state index in [2.05, 4.69) is 32.1 Å². The number of unbranched alkanes of at least 4 members (excludes halogenated alkanes) is 11. The standard InChI is InChI=1S/C35H63NO7/c1-6-8-10-12-14-15-16-17-18-20-22-24-26-34(38)43-31(29-41-28-27-32(35(39)40)36(3,4)5)30-42-33(37)25-23-21-19-13-11-9-7-2/h14-15,19,21,31-32H,6-13,16-18,20,22-30H2,1-5H3/b15-14+,21-19+. The van der Waals surface area contributed by atoms with Crippen molar-refractivity contribution in [3.63, 3.8) is 0 Å². The molecule has 0 aromatic rings. The highest BCUT2D eigenvalue weighted by atomic mass is 16.6. The number of rotatable bonds is 29. The molecule has 0 amide bonds. The lowest BCUT2D eigenvalue weighted by molar-refractivity contribution is -0.889. The second-order valence-corrected chi connectivity index (χ2v) is 12.4. The number of carbonyl (C=O) groups excluding carboxylic acids is 3. The maximum atomic E-state index is 12.5. The average molecular weight is 610 g/mol. The summed E-state index contributed by atoms with van der Waals surface area (Å²) in [5.74, 6) is -1.82. The fourth-order valence-corrected chi connectivity index (χ4v) is 4.61. The van der Waals surface area contributed by atoms with Crippen molar-refractivity contribution >= 4 is 17.9 Å². The van der Waals surface area contributed by atoms with Crippen molar-refractivity contribution < 1.29 is 38.2 Å². The molecular weight excluding hydrogens is 546 g/mol. The van der Waals surface area contributed by atoms with E-state index in [1.54, 1.807) is 21.1 Å². The number of hydrogen-bond donors (Lipinski definition) is 0. The summed E-state index contributed by atoms with van der Waals surface area (Å²) in [6, 6.07) is -0.726. The van der Waals surface area contributed by atoms with Crippen molar-refractivity contribution in [2.45, 2.75) is 142 Å². The van der Waals surface area contributed by atoms with E-state index < -0.39 is 18.1 Å². The summed E-state index contributed by atoms with van der Waals surface area (Å²) >= 11 is 0. The Labute approximate surface area is 262 Å². The summed E-state index contributed by atoms with van der Waals surface area (Å²) in [5.41, 5.74) is 0. The lowest BCUT2D eigenvalue weighted by Gasteiger charge is -2.34. The average Bonchev–Trinajstić information content (AvgIpc) is 2.94. The number of allylic oxidation sites excluding steroid dienone is 4. The third-order valence-electron chi connectivity index (χ3n) is 7.32. The number of aliphatic carboxylic acids is 1. The first kappa shape index (κ1) is 40.8. The predicted molar refractivity (Wildman–Crippen MR) is 171 cm³/mol. The number of carboxylic acids is 1. The lowest BCUT2D eigenvalue weighted by Crippen LogP contribution is -2.55. The molecule has 0 saturated carbocycles. The molecule has 8 heteroatoms. The van der Waals surface area contributed by atoms with E-state index in [1.807, 2.05) is 6.08 Å². The molecule has 0 N–H and O–H groups in total. The SMILES string of the molecule is CCCCC/C=C/CCCCCCCC(=O)OC(COCCC(C(=O)[O-])[N+](C)(C)C)COC(=O)CC/C=C/CCCCC. The smallest absolute Gasteiger partial charge is 0.306 e. The van der Waals surface area contributed by atoms with Gasteiger partial charge >= 0.3 is 11.9 Å². The van der Waals surface area contributed by atoms with Gasteiger partial charge in [0, 0.05) is 19.3 Å². The number of carboxylic acid groups (broad SMARTS) is 1. The van der Waals surface area contributed by atoms with E-state index in [0.717, 1.165) is 44.9 Å². The minimum atomic E-state index is -1.13. The molecule has 0 spiro atoms. The summed E-state index contributed by atoms with van der Waals surface area (Å²) in [7, 11) is 5.37. The Morgan fingerprint density at radius 2 is 1.21 bits per heavy atom. The number of nitrogens with zero attached hydrogens (tertiary/aromatic N) is 1. The van der Waals surface area contributed by atoms with Crippen LogP contribution in [0.5, 0.6) is 0 Å². The van der Waals surface area contributed by atoms with Crippen molar-refractivity contribution in [1.29, 1.82) is 0 Å². The highest BCUT2D eigenvalue weighted by Gasteiger charge is 2.25. The molecule has 0 aromatic carbocycles. The van der Waals surface area contributed by atoms with Crippen molar-refractivity contribution in [2.75, 3.05) is 41.0 Å². The first-order chi connectivity index (χ1) is 20.6. The first-order valence-corrected chi connectivity index (χ1v) is 16.9. The minimum Gasteiger partial charge on any atom is -0.544 e. The molecule has 0 rings (SSSR count). The summed E-state index contributed by atoms with van der Waals surface area (Å²) in [5, 5.41) is 11.5. The lowest BCUT2D eigenvalue weighted by atomic mass is 10.1. The van der Waals surface area contributed by atoms with Crippen LogP contribution in [0.3, 0.4) is 0 Å². The molecule has 0 saturated heterocycles. The quantitative estimate of drug-likeness (QED) is 0.0415. The van der Waals surface area contributed by atoms with Crippen LogP contribution in [0.15, 0.2) is 24.3 Å². The zero-order valence-corrected chi connectivity index (χ0v) is 28.1. The van der Waals surface area contributed by atoms with Gasteiger partial charge in [-0.1, -0.05) is 83.1 Å². The van der Waals surface area contributed by atoms with Gasteiger partial charge in [0.1, 0.15) is 12.6 Å². The van der Waals surface area contributed by atoms with E-state index >= 15 is 0 Å². The van der Waals surface area contributed by atoms with Crippen LogP contribution < -0.4 is 5.11 Å². The van der Waals surface area contributed by atoms with Gasteiger partial charge in [-0.25, -0.2) is 0 Å². The van der Waals surface area contributed by atoms with Gasteiger partial charge < -0.3 is 28.6 Å². The van der Waals surface area contributed by atoms with Crippen LogP contribution in [0.1, 0.15) is 129 Å². The normalized spacial score (nSPS) is 13.4. The van der Waals surface area contributed by atoms with E-state index in [1.165, 1.54) is 44.9 Å². The van der Waals surface area contributed by atoms with Crippen molar-refractivity contribution in [1.82, 2.24) is 0 Å². The van der Waals surface area contributed by atoms with Crippen LogP contribution in [-0.2, 0) is 28.6 Å². The van der Waals surface area contributed by atoms with Crippen LogP contribution in [0.25, 0.3) is 0 Å². The van der Waals surface area contributed by atoms with Gasteiger partial charge in [-0.15, -0.1) is 0 Å². The van der Waals surface area contributed by atoms with Gasteiger partial charge in [0.25, 0.3) is 0 Å². The van der Waals surface area contributed by atoms with Crippen LogP contribution in [0, 0.1) is 0 Å². The molecule has 0 aliphatic carbocycles. The van der Waals surface area contributed by atoms with E-state index in [9.17, 15) is 19.5 Å². The van der Waals surface area contributed by atoms with Crippen molar-refractivity contribution in [3.05, 3.63) is 24.3 Å². The topological polar surface area (TPSA) is 102 Å². The van der Waals surface area contributed by atoms with Gasteiger partial charge in [-0.2, -0.15) is 0 Å². The van der Waals surface area contributed by atoms with Crippen LogP contribution in [0.4, 0.5) is 0 Å². The number of hydrogen-bond acceptors (Lipinski definition) is 7. The highest BCUT2D eigenvalue weighted by molar-refractivity contribution is 5.70. The Kier molecular flexibility index (Phi) is 26.0. The Morgan fingerprint density at radius 1 is 0.674 bits per heavy atom. The largest absolute Gasteiger partial charge is 0.544 e. The van der Waals surface area contributed by atoms with Crippen molar-refractivity contribution in [2.24, 2.45) is 0 Å². The third kappa shape index (κ3) is 26.0. The molecule has 0 bridgehead atoms. The zero-order chi connectivity index (χ0) is 32.2. The maximum absolute atomic E-state index is 12.5. The molecule has 43 heavy (non-hydrogen) atoms. The number of quaternary nitrogens is 1. The van der Waals surface area contributed by atoms with Crippen molar-refractivity contribution in [3.8, 4) is 0 Å². The first-order valence-electron chi connectivity index (χ1n) is 16.9. The minimum absolute atomic E-state index is 0.0270. The molecule has 0 heterocycles. The molecule has 0 aliphatic heterocycles. The van der Waals surface area contributed by atoms with Gasteiger partial charge in [-0.3, -0.25) is 9.59 Å². The third-order valence-corrected chi connectivity index (χ3v) is 7.32. The van der Waals surface area contributed by atoms with Crippen LogP contribution in [0.2, 0.25) is 0 Å². The Hall–Kier alpha value is -2.19. The number of carbonyl (C=O) groups is 3. The summed E-state index contributed by atoms with van der Waals surface area (Å²) in [4.78, 5) is 36.3. The van der Waals surface area contributed by atoms with Crippen LogP contribution in [-0.4, -0.2) is 75.5 Å². The number of esters is 2. The molecule has 8 nitrogen and oxygen atoms in total. The Bertz CT molecular complexity index is 773. The zero-order valence-electron chi connectivity index (χ0n) is 28.1.